The fraction of sp³-hybridized carbons (Fsp3) is 0.385. The molecule has 0 unspecified atom stereocenters. The second-order valence-corrected chi connectivity index (χ2v) is 4.49. The van der Waals surface area contributed by atoms with Gasteiger partial charge in [-0.3, -0.25) is 0 Å². The molecule has 2 aromatic rings. The van der Waals surface area contributed by atoms with E-state index < -0.39 is 0 Å². The Bertz CT molecular complexity index is 534. The van der Waals surface area contributed by atoms with Crippen LogP contribution in [0.25, 0.3) is 10.9 Å². The quantitative estimate of drug-likeness (QED) is 0.878. The van der Waals surface area contributed by atoms with E-state index in [1.165, 1.54) is 5.56 Å². The van der Waals surface area contributed by atoms with Crippen LogP contribution in [0.4, 0.5) is 0 Å². The van der Waals surface area contributed by atoms with Gasteiger partial charge in [0.05, 0.1) is 17.6 Å². The zero-order valence-corrected chi connectivity index (χ0v) is 11.1. The number of likely N-dealkylation sites (N-methyl/N-ethyl adjacent to an activating group) is 1. The standard InChI is InChI=1S/C13H17ClN2O/c1-8-9(6-7-15-2)12-11(17-3)5-4-10(14)13(12)16-8/h4-5,15-16H,6-7H2,1-3H3. The Morgan fingerprint density at radius 2 is 2.18 bits per heavy atom. The van der Waals surface area contributed by atoms with Gasteiger partial charge in [-0.25, -0.2) is 0 Å². The van der Waals surface area contributed by atoms with Crippen molar-refractivity contribution in [2.45, 2.75) is 13.3 Å². The highest BCUT2D eigenvalue weighted by atomic mass is 35.5. The van der Waals surface area contributed by atoms with Gasteiger partial charge in [-0.1, -0.05) is 11.6 Å². The van der Waals surface area contributed by atoms with Gasteiger partial charge in [0.1, 0.15) is 5.75 Å². The van der Waals surface area contributed by atoms with Crippen LogP contribution in [-0.4, -0.2) is 25.7 Å². The fourth-order valence-corrected chi connectivity index (χ4v) is 2.37. The lowest BCUT2D eigenvalue weighted by atomic mass is 10.1. The molecule has 0 fully saturated rings. The van der Waals surface area contributed by atoms with Crippen LogP contribution < -0.4 is 10.1 Å². The molecule has 4 heteroatoms. The maximum atomic E-state index is 6.20. The Labute approximate surface area is 106 Å². The minimum Gasteiger partial charge on any atom is -0.496 e. The van der Waals surface area contributed by atoms with E-state index in [9.17, 15) is 0 Å². The van der Waals surface area contributed by atoms with E-state index in [4.69, 9.17) is 16.3 Å². The Balaban J connectivity index is 2.64. The zero-order valence-electron chi connectivity index (χ0n) is 10.4. The first kappa shape index (κ1) is 12.3. The summed E-state index contributed by atoms with van der Waals surface area (Å²) in [5, 5.41) is 5.00. The van der Waals surface area contributed by atoms with Crippen molar-refractivity contribution in [3.63, 3.8) is 0 Å². The van der Waals surface area contributed by atoms with E-state index in [-0.39, 0.29) is 0 Å². The van der Waals surface area contributed by atoms with Crippen molar-refractivity contribution in [2.24, 2.45) is 0 Å². The van der Waals surface area contributed by atoms with Crippen molar-refractivity contribution in [1.82, 2.24) is 10.3 Å². The first-order valence-electron chi connectivity index (χ1n) is 5.67. The number of nitrogens with one attached hydrogen (secondary N) is 2. The maximum absolute atomic E-state index is 6.20. The van der Waals surface area contributed by atoms with Crippen molar-refractivity contribution in [3.05, 3.63) is 28.4 Å². The Hall–Kier alpha value is -1.19. The smallest absolute Gasteiger partial charge is 0.128 e. The molecule has 0 aliphatic heterocycles. The molecule has 2 N–H and O–H groups in total. The molecule has 0 spiro atoms. The normalized spacial score (nSPS) is 11.1. The summed E-state index contributed by atoms with van der Waals surface area (Å²) in [6.07, 6.45) is 0.957. The average Bonchev–Trinajstić information content (AvgIpc) is 2.65. The number of hydrogen-bond acceptors (Lipinski definition) is 2. The van der Waals surface area contributed by atoms with Gasteiger partial charge in [-0.2, -0.15) is 0 Å². The predicted octanol–water partition coefficient (Wildman–Crippen LogP) is 2.90. The minimum atomic E-state index is 0.736. The predicted molar refractivity (Wildman–Crippen MR) is 72.2 cm³/mol. The number of aromatic nitrogens is 1. The van der Waals surface area contributed by atoms with Crippen LogP contribution in [0, 0.1) is 6.92 Å². The average molecular weight is 253 g/mol. The molecule has 0 radical (unpaired) electrons. The largest absolute Gasteiger partial charge is 0.496 e. The van der Waals surface area contributed by atoms with Crippen molar-refractivity contribution in [3.8, 4) is 5.75 Å². The molecule has 1 aromatic heterocycles. The molecule has 3 nitrogen and oxygen atoms in total. The number of H-pyrrole nitrogens is 1. The molecule has 0 atom stereocenters. The van der Waals surface area contributed by atoms with E-state index in [0.717, 1.165) is 40.3 Å². The van der Waals surface area contributed by atoms with E-state index in [1.807, 2.05) is 19.2 Å². The third-order valence-corrected chi connectivity index (χ3v) is 3.34. The topological polar surface area (TPSA) is 37.0 Å². The number of halogens is 1. The molecule has 2 rings (SSSR count). The number of methoxy groups -OCH3 is 1. The summed E-state index contributed by atoms with van der Waals surface area (Å²) in [6, 6.07) is 3.78. The first-order chi connectivity index (χ1) is 8.19. The molecule has 1 aromatic carbocycles. The summed E-state index contributed by atoms with van der Waals surface area (Å²) >= 11 is 6.20. The molecule has 1 heterocycles. The van der Waals surface area contributed by atoms with Crippen molar-refractivity contribution in [1.29, 1.82) is 0 Å². The highest BCUT2D eigenvalue weighted by Gasteiger charge is 2.14. The lowest BCUT2D eigenvalue weighted by molar-refractivity contribution is 0.419. The Morgan fingerprint density at radius 3 is 2.82 bits per heavy atom. The summed E-state index contributed by atoms with van der Waals surface area (Å²) < 4.78 is 5.42. The SMILES string of the molecule is CNCCc1c(C)[nH]c2c(Cl)ccc(OC)c12. The van der Waals surface area contributed by atoms with Gasteiger partial charge in [0, 0.05) is 11.1 Å². The molecule has 92 valence electrons. The van der Waals surface area contributed by atoms with Gasteiger partial charge in [0.2, 0.25) is 0 Å². The Kier molecular flexibility index (Phi) is 3.60. The van der Waals surface area contributed by atoms with E-state index in [0.29, 0.717) is 0 Å². The highest BCUT2D eigenvalue weighted by molar-refractivity contribution is 6.35. The molecule has 0 aliphatic rings. The number of rotatable bonds is 4. The molecular weight excluding hydrogens is 236 g/mol. The summed E-state index contributed by atoms with van der Waals surface area (Å²) in [5.41, 5.74) is 3.39. The second kappa shape index (κ2) is 4.98. The van der Waals surface area contributed by atoms with Gasteiger partial charge >= 0.3 is 0 Å². The minimum absolute atomic E-state index is 0.736. The lowest BCUT2D eigenvalue weighted by Gasteiger charge is -2.06. The molecule has 0 bridgehead atoms. The van der Waals surface area contributed by atoms with Crippen LogP contribution in [0.3, 0.4) is 0 Å². The van der Waals surface area contributed by atoms with Crippen LogP contribution >= 0.6 is 11.6 Å². The molecular formula is C13H17ClN2O. The lowest BCUT2D eigenvalue weighted by Crippen LogP contribution is -2.10. The summed E-state index contributed by atoms with van der Waals surface area (Å²) in [4.78, 5) is 3.34. The van der Waals surface area contributed by atoms with Gasteiger partial charge < -0.3 is 15.0 Å². The highest BCUT2D eigenvalue weighted by Crippen LogP contribution is 2.35. The van der Waals surface area contributed by atoms with Crippen molar-refractivity contribution < 1.29 is 4.74 Å². The van der Waals surface area contributed by atoms with E-state index in [1.54, 1.807) is 7.11 Å². The van der Waals surface area contributed by atoms with Crippen LogP contribution in [0.15, 0.2) is 12.1 Å². The van der Waals surface area contributed by atoms with Crippen LogP contribution in [-0.2, 0) is 6.42 Å². The monoisotopic (exact) mass is 252 g/mol. The van der Waals surface area contributed by atoms with Crippen LogP contribution in [0.2, 0.25) is 5.02 Å². The maximum Gasteiger partial charge on any atom is 0.128 e. The number of benzene rings is 1. The third-order valence-electron chi connectivity index (χ3n) is 3.03. The summed E-state index contributed by atoms with van der Waals surface area (Å²) in [7, 11) is 3.64. The van der Waals surface area contributed by atoms with Gasteiger partial charge in [-0.05, 0) is 44.6 Å². The number of hydrogen-bond donors (Lipinski definition) is 2. The fourth-order valence-electron chi connectivity index (χ4n) is 2.16. The van der Waals surface area contributed by atoms with E-state index >= 15 is 0 Å². The number of aromatic amines is 1. The molecule has 0 saturated heterocycles. The summed E-state index contributed by atoms with van der Waals surface area (Å²) in [5.74, 6) is 0.875. The molecule has 0 saturated carbocycles. The van der Waals surface area contributed by atoms with Crippen molar-refractivity contribution in [2.75, 3.05) is 20.7 Å². The van der Waals surface area contributed by atoms with E-state index in [2.05, 4.69) is 17.2 Å². The summed E-state index contributed by atoms with van der Waals surface area (Å²) in [6.45, 7) is 3.00. The van der Waals surface area contributed by atoms with Crippen molar-refractivity contribution >= 4 is 22.5 Å². The molecule has 17 heavy (non-hydrogen) atoms. The third kappa shape index (κ3) is 2.13. The number of aryl methyl sites for hydroxylation is 1. The number of fused-ring (bicyclic) bond motifs is 1. The van der Waals surface area contributed by atoms with Gasteiger partial charge in [0.25, 0.3) is 0 Å². The van der Waals surface area contributed by atoms with Crippen LogP contribution in [0.1, 0.15) is 11.3 Å². The first-order valence-corrected chi connectivity index (χ1v) is 6.05. The van der Waals surface area contributed by atoms with Crippen LogP contribution in [0.5, 0.6) is 5.75 Å². The number of ether oxygens (including phenoxy) is 1. The van der Waals surface area contributed by atoms with Gasteiger partial charge in [0.15, 0.2) is 0 Å². The van der Waals surface area contributed by atoms with Gasteiger partial charge in [-0.15, -0.1) is 0 Å². The Morgan fingerprint density at radius 1 is 1.41 bits per heavy atom. The zero-order chi connectivity index (χ0) is 12.4. The second-order valence-electron chi connectivity index (χ2n) is 4.08. The molecule has 0 aliphatic carbocycles. The molecule has 0 amide bonds.